The van der Waals surface area contributed by atoms with E-state index < -0.39 is 6.04 Å². The Morgan fingerprint density at radius 1 is 0.844 bits per heavy atom. The molecule has 0 radical (unpaired) electrons. The van der Waals surface area contributed by atoms with Gasteiger partial charge in [0, 0.05) is 62.2 Å². The molecule has 3 aliphatic rings. The number of fused-ring (bicyclic) bond motifs is 1. The molecule has 0 spiro atoms. The lowest BCUT2D eigenvalue weighted by molar-refractivity contribution is -0.139. The summed E-state index contributed by atoms with van der Waals surface area (Å²) in [7, 11) is 4.27. The first-order valence-electron chi connectivity index (χ1n) is 16.4. The normalized spacial score (nSPS) is 21.3. The van der Waals surface area contributed by atoms with Gasteiger partial charge in [-0.1, -0.05) is 78.3 Å². The van der Waals surface area contributed by atoms with E-state index in [1.165, 1.54) is 16.7 Å². The average Bonchev–Trinajstić information content (AvgIpc) is 3.37. The molecule has 3 aromatic rings. The fraction of sp³-hybridized carbons (Fsp3) is 0.459. The third kappa shape index (κ3) is 7.44. The van der Waals surface area contributed by atoms with Crippen LogP contribution in [0.15, 0.2) is 78.9 Å². The minimum absolute atomic E-state index is 0.00128. The Morgan fingerprint density at radius 3 is 2.22 bits per heavy atom. The second-order valence-electron chi connectivity index (χ2n) is 13.3. The average molecular weight is 628 g/mol. The van der Waals surface area contributed by atoms with Crippen molar-refractivity contribution in [2.24, 2.45) is 0 Å². The molecule has 45 heavy (non-hydrogen) atoms. The van der Waals surface area contributed by atoms with Crippen molar-refractivity contribution in [1.82, 2.24) is 24.9 Å². The fourth-order valence-electron chi connectivity index (χ4n) is 7.61. The van der Waals surface area contributed by atoms with E-state index in [2.05, 4.69) is 76.6 Å². The topological polar surface area (TPSA) is 59.1 Å². The molecule has 6 rings (SSSR count). The van der Waals surface area contributed by atoms with Gasteiger partial charge in [-0.05, 0) is 80.8 Å². The fourth-order valence-corrected chi connectivity index (χ4v) is 7.73. The maximum Gasteiger partial charge on any atom is 0.245 e. The van der Waals surface area contributed by atoms with E-state index in [0.29, 0.717) is 31.0 Å². The summed E-state index contributed by atoms with van der Waals surface area (Å²) in [4.78, 5) is 37.0. The number of carbonyl (C=O) groups excluding carboxylic acids is 2. The number of halogens is 1. The number of nitrogens with one attached hydrogen (secondary N) is 1. The molecule has 7 nitrogen and oxygen atoms in total. The van der Waals surface area contributed by atoms with Crippen LogP contribution < -0.4 is 5.32 Å². The molecule has 2 saturated heterocycles. The Hall–Kier alpha value is -3.23. The second-order valence-corrected chi connectivity index (χ2v) is 13.7. The number of hydrogen-bond donors (Lipinski definition) is 1. The van der Waals surface area contributed by atoms with E-state index in [1.54, 1.807) is 0 Å². The number of likely N-dealkylation sites (tertiary alicyclic amines) is 1. The van der Waals surface area contributed by atoms with Crippen molar-refractivity contribution in [1.29, 1.82) is 0 Å². The highest BCUT2D eigenvalue weighted by Crippen LogP contribution is 2.35. The lowest BCUT2D eigenvalue weighted by atomic mass is 9.80. The minimum Gasteiger partial charge on any atom is -0.344 e. The first-order valence-corrected chi connectivity index (χ1v) is 16.8. The van der Waals surface area contributed by atoms with E-state index in [9.17, 15) is 9.59 Å². The van der Waals surface area contributed by atoms with Crippen molar-refractivity contribution in [2.45, 2.75) is 56.3 Å². The summed E-state index contributed by atoms with van der Waals surface area (Å²) in [6.45, 7) is 6.01. The molecule has 2 fully saturated rings. The first-order chi connectivity index (χ1) is 21.8. The Kier molecular flexibility index (Phi) is 9.90. The Bertz CT molecular complexity index is 1450. The molecular weight excluding hydrogens is 582 g/mol. The molecule has 3 aliphatic heterocycles. The van der Waals surface area contributed by atoms with Crippen molar-refractivity contribution in [3.63, 3.8) is 0 Å². The highest BCUT2D eigenvalue weighted by Gasteiger charge is 2.41. The second kappa shape index (κ2) is 14.0. The van der Waals surface area contributed by atoms with Crippen LogP contribution in [0.2, 0.25) is 5.02 Å². The number of rotatable bonds is 9. The van der Waals surface area contributed by atoms with E-state index >= 15 is 0 Å². The molecule has 238 valence electrons. The quantitative estimate of drug-likeness (QED) is 0.370. The number of nitrogens with zero attached hydrogens (tertiary/aromatic N) is 4. The number of benzene rings is 3. The SMILES string of the molecule is CN1CCC(Cc2ccccc2)(N2CCN(C(=O)[C@@H](Cc3ccc(Cl)cc3)NC(=O)CC3c4ccccc4CN3C)CC2)CC1. The molecule has 0 aliphatic carbocycles. The summed E-state index contributed by atoms with van der Waals surface area (Å²) in [6, 6.07) is 26.1. The molecule has 3 aromatic carbocycles. The van der Waals surface area contributed by atoms with Crippen molar-refractivity contribution in [2.75, 3.05) is 53.4 Å². The van der Waals surface area contributed by atoms with Gasteiger partial charge in [0.05, 0.1) is 0 Å². The third-order valence-corrected chi connectivity index (χ3v) is 10.5. The summed E-state index contributed by atoms with van der Waals surface area (Å²) in [5, 5.41) is 3.82. The van der Waals surface area contributed by atoms with Crippen LogP contribution in [0.4, 0.5) is 0 Å². The lowest BCUT2D eigenvalue weighted by Crippen LogP contribution is -2.63. The van der Waals surface area contributed by atoms with Gasteiger partial charge < -0.3 is 15.1 Å². The summed E-state index contributed by atoms with van der Waals surface area (Å²) in [5.74, 6) is -0.0961. The lowest BCUT2D eigenvalue weighted by Gasteiger charge is -2.51. The zero-order valence-corrected chi connectivity index (χ0v) is 27.4. The monoisotopic (exact) mass is 627 g/mol. The van der Waals surface area contributed by atoms with Crippen LogP contribution in [0.1, 0.15) is 47.6 Å². The van der Waals surface area contributed by atoms with Gasteiger partial charge in [-0.2, -0.15) is 0 Å². The van der Waals surface area contributed by atoms with Crippen LogP contribution in [0.25, 0.3) is 0 Å². The molecule has 0 saturated carbocycles. The van der Waals surface area contributed by atoms with Crippen molar-refractivity contribution in [3.05, 3.63) is 106 Å². The number of carbonyl (C=O) groups is 2. The molecule has 2 atom stereocenters. The largest absolute Gasteiger partial charge is 0.344 e. The van der Waals surface area contributed by atoms with E-state index in [4.69, 9.17) is 11.6 Å². The molecule has 1 N–H and O–H groups in total. The highest BCUT2D eigenvalue weighted by molar-refractivity contribution is 6.30. The van der Waals surface area contributed by atoms with Crippen LogP contribution >= 0.6 is 11.6 Å². The molecule has 3 heterocycles. The standard InChI is InChI=1S/C37H46ClN5O2/c1-40-18-16-37(17-19-40,26-29-8-4-3-5-9-29)43-22-20-42(21-23-43)36(45)33(24-28-12-14-31(38)15-13-28)39-35(44)25-34-32-11-7-6-10-30(32)27-41(34)2/h3-15,33-34H,16-27H2,1-2H3,(H,39,44)/t33-,34?/m1/s1. The van der Waals surface area contributed by atoms with Gasteiger partial charge in [-0.25, -0.2) is 0 Å². The van der Waals surface area contributed by atoms with Crippen LogP contribution in [-0.4, -0.2) is 96.4 Å². The molecule has 0 bridgehead atoms. The van der Waals surface area contributed by atoms with Crippen molar-refractivity contribution < 1.29 is 9.59 Å². The number of piperidine rings is 1. The first kappa shape index (κ1) is 31.7. The number of piperazine rings is 1. The minimum atomic E-state index is -0.631. The highest BCUT2D eigenvalue weighted by atomic mass is 35.5. The zero-order valence-electron chi connectivity index (χ0n) is 26.6. The van der Waals surface area contributed by atoms with Gasteiger partial charge in [0.1, 0.15) is 6.04 Å². The summed E-state index contributed by atoms with van der Waals surface area (Å²) < 4.78 is 0. The van der Waals surface area contributed by atoms with Crippen molar-refractivity contribution >= 4 is 23.4 Å². The van der Waals surface area contributed by atoms with Crippen LogP contribution in [-0.2, 0) is 29.0 Å². The van der Waals surface area contributed by atoms with E-state index in [-0.39, 0.29) is 23.4 Å². The predicted octanol–water partition coefficient (Wildman–Crippen LogP) is 4.80. The zero-order chi connectivity index (χ0) is 31.4. The van der Waals surface area contributed by atoms with E-state index in [1.807, 2.05) is 41.3 Å². The van der Waals surface area contributed by atoms with Gasteiger partial charge in [0.15, 0.2) is 0 Å². The molecular formula is C37H46ClN5O2. The maximum atomic E-state index is 14.2. The summed E-state index contributed by atoms with van der Waals surface area (Å²) in [5.41, 5.74) is 4.92. The van der Waals surface area contributed by atoms with Gasteiger partial charge in [0.2, 0.25) is 11.8 Å². The summed E-state index contributed by atoms with van der Waals surface area (Å²) in [6.07, 6.45) is 4.04. The molecule has 0 aromatic heterocycles. The summed E-state index contributed by atoms with van der Waals surface area (Å²) >= 11 is 6.16. The van der Waals surface area contributed by atoms with Gasteiger partial charge >= 0.3 is 0 Å². The van der Waals surface area contributed by atoms with Crippen LogP contribution in [0.5, 0.6) is 0 Å². The Morgan fingerprint density at radius 2 is 1.51 bits per heavy atom. The Balaban J connectivity index is 1.14. The van der Waals surface area contributed by atoms with E-state index in [0.717, 1.165) is 57.5 Å². The number of amides is 2. The van der Waals surface area contributed by atoms with Gasteiger partial charge in [0.25, 0.3) is 0 Å². The molecule has 8 heteroatoms. The van der Waals surface area contributed by atoms with Gasteiger partial charge in [-0.3, -0.25) is 19.4 Å². The van der Waals surface area contributed by atoms with Crippen LogP contribution in [0, 0.1) is 0 Å². The third-order valence-electron chi connectivity index (χ3n) is 10.3. The maximum absolute atomic E-state index is 14.2. The number of hydrogen-bond acceptors (Lipinski definition) is 5. The predicted molar refractivity (Wildman–Crippen MR) is 180 cm³/mol. The Labute approximate surface area is 273 Å². The van der Waals surface area contributed by atoms with Crippen molar-refractivity contribution in [3.8, 4) is 0 Å². The van der Waals surface area contributed by atoms with Crippen LogP contribution in [0.3, 0.4) is 0 Å². The van der Waals surface area contributed by atoms with Gasteiger partial charge in [-0.15, -0.1) is 0 Å². The smallest absolute Gasteiger partial charge is 0.245 e. The molecule has 1 unspecified atom stereocenters. The molecule has 2 amide bonds.